The van der Waals surface area contributed by atoms with Gasteiger partial charge in [-0.15, -0.1) is 0 Å². The van der Waals surface area contributed by atoms with Crippen LogP contribution in [-0.2, 0) is 6.42 Å². The average Bonchev–Trinajstić information content (AvgIpc) is 2.81. The summed E-state index contributed by atoms with van der Waals surface area (Å²) in [5.41, 5.74) is 2.01. The van der Waals surface area contributed by atoms with Gasteiger partial charge in [0.05, 0.1) is 17.7 Å². The Bertz CT molecular complexity index is 737. The SMILES string of the molecule is O=C1c2ccccc2C(=O)N1CC(Cl)=NCCc1ccccc1. The van der Waals surface area contributed by atoms with E-state index in [1.54, 1.807) is 24.3 Å². The van der Waals surface area contributed by atoms with Gasteiger partial charge in [0.25, 0.3) is 11.8 Å². The van der Waals surface area contributed by atoms with Gasteiger partial charge in [-0.05, 0) is 24.1 Å². The molecule has 0 radical (unpaired) electrons. The molecule has 2 amide bonds. The van der Waals surface area contributed by atoms with Crippen molar-refractivity contribution < 1.29 is 9.59 Å². The summed E-state index contributed by atoms with van der Waals surface area (Å²) in [6.45, 7) is 0.536. The molecule has 4 nitrogen and oxygen atoms in total. The molecule has 0 N–H and O–H groups in total. The minimum atomic E-state index is -0.318. The number of carbonyl (C=O) groups is 2. The molecule has 0 spiro atoms. The topological polar surface area (TPSA) is 49.7 Å². The molecular weight excluding hydrogens is 312 g/mol. The first kappa shape index (κ1) is 15.4. The summed E-state index contributed by atoms with van der Waals surface area (Å²) in [4.78, 5) is 29.8. The maximum atomic E-state index is 12.2. The Hall–Kier alpha value is -2.46. The van der Waals surface area contributed by atoms with E-state index in [-0.39, 0.29) is 23.5 Å². The molecule has 3 rings (SSSR count). The van der Waals surface area contributed by atoms with E-state index in [1.807, 2.05) is 30.3 Å². The molecule has 2 aromatic carbocycles. The summed E-state index contributed by atoms with van der Waals surface area (Å²) in [5.74, 6) is -0.635. The van der Waals surface area contributed by atoms with Crippen LogP contribution in [0.3, 0.4) is 0 Å². The number of carbonyl (C=O) groups excluding carboxylic acids is 2. The molecule has 2 aromatic rings. The molecule has 1 aliphatic rings. The van der Waals surface area contributed by atoms with Crippen molar-refractivity contribution in [1.82, 2.24) is 4.90 Å². The van der Waals surface area contributed by atoms with Crippen LogP contribution in [0, 0.1) is 0 Å². The first-order chi connectivity index (χ1) is 11.2. The van der Waals surface area contributed by atoms with Crippen molar-refractivity contribution in [2.45, 2.75) is 6.42 Å². The monoisotopic (exact) mass is 326 g/mol. The number of nitrogens with zero attached hydrogens (tertiary/aromatic N) is 2. The second kappa shape index (κ2) is 6.75. The van der Waals surface area contributed by atoms with Crippen LogP contribution in [0.2, 0.25) is 0 Å². The van der Waals surface area contributed by atoms with Crippen LogP contribution in [0.25, 0.3) is 0 Å². The summed E-state index contributed by atoms with van der Waals surface area (Å²) in [6.07, 6.45) is 0.763. The van der Waals surface area contributed by atoms with Gasteiger partial charge in [-0.3, -0.25) is 19.5 Å². The Morgan fingerprint density at radius 3 is 2.09 bits per heavy atom. The number of hydrogen-bond donors (Lipinski definition) is 0. The fourth-order valence-corrected chi connectivity index (χ4v) is 2.72. The van der Waals surface area contributed by atoms with Crippen molar-refractivity contribution in [3.8, 4) is 0 Å². The highest BCUT2D eigenvalue weighted by molar-refractivity contribution is 6.66. The predicted octanol–water partition coefficient (Wildman–Crippen LogP) is 3.16. The first-order valence-electron chi connectivity index (χ1n) is 7.35. The highest BCUT2D eigenvalue weighted by atomic mass is 35.5. The fraction of sp³-hybridized carbons (Fsp3) is 0.167. The number of imide groups is 1. The summed E-state index contributed by atoms with van der Waals surface area (Å²) in [5, 5.41) is 0.260. The largest absolute Gasteiger partial charge is 0.275 e. The van der Waals surface area contributed by atoms with E-state index < -0.39 is 0 Å². The second-order valence-electron chi connectivity index (χ2n) is 5.24. The molecule has 0 fully saturated rings. The number of fused-ring (bicyclic) bond motifs is 1. The molecule has 1 aliphatic heterocycles. The number of benzene rings is 2. The number of aliphatic imine (C=N–C) groups is 1. The molecule has 0 bridgehead atoms. The van der Waals surface area contributed by atoms with Crippen molar-refractivity contribution in [1.29, 1.82) is 0 Å². The van der Waals surface area contributed by atoms with Gasteiger partial charge in [0, 0.05) is 6.54 Å². The lowest BCUT2D eigenvalue weighted by atomic mass is 10.1. The molecule has 116 valence electrons. The van der Waals surface area contributed by atoms with Crippen molar-refractivity contribution in [2.24, 2.45) is 4.99 Å². The predicted molar refractivity (Wildman–Crippen MR) is 90.1 cm³/mol. The van der Waals surface area contributed by atoms with Crippen molar-refractivity contribution in [2.75, 3.05) is 13.1 Å². The zero-order chi connectivity index (χ0) is 16.2. The Morgan fingerprint density at radius 2 is 1.48 bits per heavy atom. The van der Waals surface area contributed by atoms with Gasteiger partial charge in [0.2, 0.25) is 0 Å². The Balaban J connectivity index is 1.62. The van der Waals surface area contributed by atoms with E-state index in [0.29, 0.717) is 17.7 Å². The highest BCUT2D eigenvalue weighted by Crippen LogP contribution is 2.22. The van der Waals surface area contributed by atoms with Crippen LogP contribution in [0.1, 0.15) is 26.3 Å². The van der Waals surface area contributed by atoms with Gasteiger partial charge < -0.3 is 0 Å². The van der Waals surface area contributed by atoms with Crippen molar-refractivity contribution in [3.63, 3.8) is 0 Å². The standard InChI is InChI=1S/C18H15ClN2O2/c19-16(20-11-10-13-6-2-1-3-7-13)12-21-17(22)14-8-4-5-9-15(14)18(21)23/h1-9H,10-12H2. The number of hydrogen-bond acceptors (Lipinski definition) is 3. The number of halogens is 1. The van der Waals surface area contributed by atoms with E-state index in [0.717, 1.165) is 11.3 Å². The van der Waals surface area contributed by atoms with Crippen LogP contribution < -0.4 is 0 Å². The van der Waals surface area contributed by atoms with Gasteiger partial charge in [-0.1, -0.05) is 54.1 Å². The van der Waals surface area contributed by atoms with E-state index in [2.05, 4.69) is 4.99 Å². The molecule has 5 heteroatoms. The Kier molecular flexibility index (Phi) is 4.53. The van der Waals surface area contributed by atoms with E-state index >= 15 is 0 Å². The molecule has 0 unspecified atom stereocenters. The van der Waals surface area contributed by atoms with Crippen LogP contribution >= 0.6 is 11.6 Å². The lowest BCUT2D eigenvalue weighted by molar-refractivity contribution is 0.0678. The molecule has 0 aromatic heterocycles. The van der Waals surface area contributed by atoms with Gasteiger partial charge in [-0.25, -0.2) is 0 Å². The van der Waals surface area contributed by atoms with Crippen molar-refractivity contribution in [3.05, 3.63) is 71.3 Å². The number of amides is 2. The average molecular weight is 327 g/mol. The molecule has 0 saturated carbocycles. The molecule has 0 aliphatic carbocycles. The zero-order valence-corrected chi connectivity index (χ0v) is 13.2. The smallest absolute Gasteiger partial charge is 0.261 e. The summed E-state index contributed by atoms with van der Waals surface area (Å²) < 4.78 is 0. The number of rotatable bonds is 5. The van der Waals surface area contributed by atoms with Crippen LogP contribution in [0.5, 0.6) is 0 Å². The van der Waals surface area contributed by atoms with Crippen LogP contribution in [0.4, 0.5) is 0 Å². The third-order valence-electron chi connectivity index (χ3n) is 3.69. The molecule has 0 saturated heterocycles. The maximum absolute atomic E-state index is 12.2. The van der Waals surface area contributed by atoms with Gasteiger partial charge >= 0.3 is 0 Å². The van der Waals surface area contributed by atoms with Gasteiger partial charge in [-0.2, -0.15) is 0 Å². The zero-order valence-electron chi connectivity index (χ0n) is 12.4. The third-order valence-corrected chi connectivity index (χ3v) is 3.93. The molecule has 1 heterocycles. The molecule has 23 heavy (non-hydrogen) atoms. The van der Waals surface area contributed by atoms with Crippen molar-refractivity contribution >= 4 is 28.6 Å². The minimum Gasteiger partial charge on any atom is -0.275 e. The van der Waals surface area contributed by atoms with E-state index in [1.165, 1.54) is 5.56 Å². The molecule has 0 atom stereocenters. The Morgan fingerprint density at radius 1 is 0.913 bits per heavy atom. The normalized spacial score (nSPS) is 14.3. The highest BCUT2D eigenvalue weighted by Gasteiger charge is 2.35. The summed E-state index contributed by atoms with van der Waals surface area (Å²) in [6, 6.07) is 16.7. The lowest BCUT2D eigenvalue weighted by Crippen LogP contribution is -2.33. The lowest BCUT2D eigenvalue weighted by Gasteiger charge is -2.12. The fourth-order valence-electron chi connectivity index (χ4n) is 2.51. The van der Waals surface area contributed by atoms with Gasteiger partial charge in [0.1, 0.15) is 5.17 Å². The van der Waals surface area contributed by atoms with Gasteiger partial charge in [0.15, 0.2) is 0 Å². The van der Waals surface area contributed by atoms with E-state index in [4.69, 9.17) is 11.6 Å². The quantitative estimate of drug-likeness (QED) is 0.626. The summed E-state index contributed by atoms with van der Waals surface area (Å²) in [7, 11) is 0. The second-order valence-corrected chi connectivity index (χ2v) is 5.67. The van der Waals surface area contributed by atoms with E-state index in [9.17, 15) is 9.59 Å². The summed E-state index contributed by atoms with van der Waals surface area (Å²) >= 11 is 6.10. The minimum absolute atomic E-state index is 0.0166. The first-order valence-corrected chi connectivity index (χ1v) is 7.72. The third kappa shape index (κ3) is 3.32. The van der Waals surface area contributed by atoms with Crippen LogP contribution in [0.15, 0.2) is 59.6 Å². The maximum Gasteiger partial charge on any atom is 0.261 e. The van der Waals surface area contributed by atoms with Crippen LogP contribution in [-0.4, -0.2) is 35.0 Å². The molecular formula is C18H15ClN2O2. The Labute approximate surface area is 139 Å².